The molecular formula is C13H19ClN2O3S. The van der Waals surface area contributed by atoms with E-state index in [4.69, 9.17) is 16.3 Å². The smallest absolute Gasteiger partial charge is 0.228 e. The van der Waals surface area contributed by atoms with Crippen molar-refractivity contribution in [2.75, 3.05) is 42.9 Å². The van der Waals surface area contributed by atoms with Crippen LogP contribution >= 0.6 is 11.6 Å². The third kappa shape index (κ3) is 3.37. The van der Waals surface area contributed by atoms with Crippen molar-refractivity contribution in [2.24, 2.45) is 0 Å². The first kappa shape index (κ1) is 15.4. The summed E-state index contributed by atoms with van der Waals surface area (Å²) in [5.41, 5.74) is 1.01. The standard InChI is InChI=1S/C13H19ClN2O3S/c1-2-19-13-6-4-3-5-12(13)15-7-9-16(10-8-15)20(17,18)11-14/h3-6H,2,7-11H2,1H3. The number of ether oxygens (including phenoxy) is 1. The van der Waals surface area contributed by atoms with Crippen molar-refractivity contribution in [1.29, 1.82) is 0 Å². The number of nitrogens with zero attached hydrogens (tertiary/aromatic N) is 2. The molecule has 0 bridgehead atoms. The van der Waals surface area contributed by atoms with E-state index in [0.717, 1.165) is 11.4 Å². The number of anilines is 1. The molecule has 0 atom stereocenters. The minimum atomic E-state index is -3.31. The number of para-hydroxylation sites is 2. The van der Waals surface area contributed by atoms with Crippen LogP contribution in [0.15, 0.2) is 24.3 Å². The lowest BCUT2D eigenvalue weighted by Gasteiger charge is -2.35. The molecule has 0 aliphatic carbocycles. The van der Waals surface area contributed by atoms with Crippen LogP contribution in [0, 0.1) is 0 Å². The van der Waals surface area contributed by atoms with Crippen molar-refractivity contribution in [1.82, 2.24) is 4.31 Å². The Morgan fingerprint density at radius 1 is 1.20 bits per heavy atom. The van der Waals surface area contributed by atoms with Crippen LogP contribution in [0.1, 0.15) is 6.92 Å². The Balaban J connectivity index is 2.08. The fourth-order valence-electron chi connectivity index (χ4n) is 2.27. The summed E-state index contributed by atoms with van der Waals surface area (Å²) in [5.74, 6) is 0.837. The van der Waals surface area contributed by atoms with E-state index in [-0.39, 0.29) is 5.21 Å². The van der Waals surface area contributed by atoms with Crippen LogP contribution in [0.3, 0.4) is 0 Å². The second kappa shape index (κ2) is 6.65. The summed E-state index contributed by atoms with van der Waals surface area (Å²) in [4.78, 5) is 2.14. The molecule has 20 heavy (non-hydrogen) atoms. The van der Waals surface area contributed by atoms with E-state index in [1.54, 1.807) is 0 Å². The van der Waals surface area contributed by atoms with Gasteiger partial charge in [-0.25, -0.2) is 8.42 Å². The molecule has 1 saturated heterocycles. The zero-order valence-corrected chi connectivity index (χ0v) is 13.0. The van der Waals surface area contributed by atoms with Crippen LogP contribution in [-0.2, 0) is 10.0 Å². The second-order valence-electron chi connectivity index (χ2n) is 4.51. The summed E-state index contributed by atoms with van der Waals surface area (Å²) in [7, 11) is -3.31. The zero-order chi connectivity index (χ0) is 14.6. The Bertz CT molecular complexity index is 542. The number of piperazine rings is 1. The Morgan fingerprint density at radius 3 is 2.45 bits per heavy atom. The summed E-state index contributed by atoms with van der Waals surface area (Å²) in [6.45, 7) is 4.74. The molecule has 1 aliphatic heterocycles. The van der Waals surface area contributed by atoms with E-state index >= 15 is 0 Å². The van der Waals surface area contributed by atoms with Crippen molar-refractivity contribution in [3.05, 3.63) is 24.3 Å². The molecule has 0 aromatic heterocycles. The molecular weight excluding hydrogens is 300 g/mol. The summed E-state index contributed by atoms with van der Waals surface area (Å²) < 4.78 is 30.5. The number of benzene rings is 1. The van der Waals surface area contributed by atoms with Gasteiger partial charge >= 0.3 is 0 Å². The number of hydrogen-bond donors (Lipinski definition) is 0. The molecule has 1 aromatic carbocycles. The van der Waals surface area contributed by atoms with E-state index in [9.17, 15) is 8.42 Å². The van der Waals surface area contributed by atoms with Crippen LogP contribution < -0.4 is 9.64 Å². The highest BCUT2D eigenvalue weighted by atomic mass is 35.5. The number of sulfonamides is 1. The zero-order valence-electron chi connectivity index (χ0n) is 11.5. The van der Waals surface area contributed by atoms with Gasteiger partial charge in [-0.15, -0.1) is 11.6 Å². The first-order valence-corrected chi connectivity index (χ1v) is 8.73. The van der Waals surface area contributed by atoms with Crippen LogP contribution in [0.2, 0.25) is 0 Å². The van der Waals surface area contributed by atoms with Crippen LogP contribution in [0.25, 0.3) is 0 Å². The summed E-state index contributed by atoms with van der Waals surface area (Å²) in [6.07, 6.45) is 0. The van der Waals surface area contributed by atoms with Gasteiger partial charge in [0.15, 0.2) is 0 Å². The SMILES string of the molecule is CCOc1ccccc1N1CCN(S(=O)(=O)CCl)CC1. The molecule has 0 spiro atoms. The molecule has 0 saturated carbocycles. The molecule has 1 aliphatic rings. The normalized spacial score (nSPS) is 17.2. The first-order chi connectivity index (χ1) is 9.58. The third-order valence-electron chi connectivity index (χ3n) is 3.28. The lowest BCUT2D eigenvalue weighted by Crippen LogP contribution is -2.49. The van der Waals surface area contributed by atoms with Gasteiger partial charge in [0.1, 0.15) is 11.0 Å². The van der Waals surface area contributed by atoms with E-state index in [1.807, 2.05) is 31.2 Å². The molecule has 0 N–H and O–H groups in total. The van der Waals surface area contributed by atoms with Gasteiger partial charge in [-0.05, 0) is 19.1 Å². The van der Waals surface area contributed by atoms with Gasteiger partial charge in [-0.1, -0.05) is 12.1 Å². The topological polar surface area (TPSA) is 49.9 Å². The molecule has 7 heteroatoms. The quantitative estimate of drug-likeness (QED) is 0.776. The minimum absolute atomic E-state index is 0.359. The van der Waals surface area contributed by atoms with Gasteiger partial charge in [-0.3, -0.25) is 0 Å². The van der Waals surface area contributed by atoms with E-state index < -0.39 is 10.0 Å². The molecule has 0 radical (unpaired) electrons. The number of rotatable bonds is 5. The van der Waals surface area contributed by atoms with E-state index in [1.165, 1.54) is 4.31 Å². The number of halogens is 1. The summed E-state index contributed by atoms with van der Waals surface area (Å²) >= 11 is 5.48. The highest BCUT2D eigenvalue weighted by molar-refractivity contribution is 7.90. The number of alkyl halides is 1. The maximum absolute atomic E-state index is 11.7. The van der Waals surface area contributed by atoms with Crippen molar-refractivity contribution >= 4 is 27.3 Å². The van der Waals surface area contributed by atoms with Crippen LogP contribution in [-0.4, -0.2) is 50.7 Å². The molecule has 1 fully saturated rings. The predicted molar refractivity (Wildman–Crippen MR) is 81.0 cm³/mol. The number of hydrogen-bond acceptors (Lipinski definition) is 4. The van der Waals surface area contributed by atoms with Gasteiger partial charge < -0.3 is 9.64 Å². The largest absolute Gasteiger partial charge is 0.492 e. The Labute approximate surface area is 125 Å². The summed E-state index contributed by atoms with van der Waals surface area (Å²) in [5, 5.41) is -0.359. The van der Waals surface area contributed by atoms with Crippen LogP contribution in [0.4, 0.5) is 5.69 Å². The van der Waals surface area contributed by atoms with Gasteiger partial charge in [-0.2, -0.15) is 4.31 Å². The van der Waals surface area contributed by atoms with Crippen molar-refractivity contribution in [3.63, 3.8) is 0 Å². The minimum Gasteiger partial charge on any atom is -0.492 e. The second-order valence-corrected chi connectivity index (χ2v) is 7.06. The van der Waals surface area contributed by atoms with Gasteiger partial charge in [0, 0.05) is 26.2 Å². The van der Waals surface area contributed by atoms with Gasteiger partial charge in [0.05, 0.1) is 12.3 Å². The highest BCUT2D eigenvalue weighted by Crippen LogP contribution is 2.29. The van der Waals surface area contributed by atoms with E-state index in [2.05, 4.69) is 4.90 Å². The highest BCUT2D eigenvalue weighted by Gasteiger charge is 2.27. The molecule has 2 rings (SSSR count). The van der Waals surface area contributed by atoms with E-state index in [0.29, 0.717) is 32.8 Å². The van der Waals surface area contributed by atoms with Crippen LogP contribution in [0.5, 0.6) is 5.75 Å². The van der Waals surface area contributed by atoms with Gasteiger partial charge in [0.2, 0.25) is 10.0 Å². The monoisotopic (exact) mass is 318 g/mol. The van der Waals surface area contributed by atoms with Crippen molar-refractivity contribution in [3.8, 4) is 5.75 Å². The average Bonchev–Trinajstić information content (AvgIpc) is 2.48. The molecule has 5 nitrogen and oxygen atoms in total. The molecule has 0 amide bonds. The predicted octanol–water partition coefficient (Wildman–Crippen LogP) is 1.73. The lowest BCUT2D eigenvalue weighted by molar-refractivity contribution is 0.337. The fraction of sp³-hybridized carbons (Fsp3) is 0.538. The Kier molecular flexibility index (Phi) is 5.12. The molecule has 112 valence electrons. The maximum atomic E-state index is 11.7. The first-order valence-electron chi connectivity index (χ1n) is 6.59. The lowest BCUT2D eigenvalue weighted by atomic mass is 10.2. The fourth-order valence-corrected chi connectivity index (χ4v) is 3.54. The average molecular weight is 319 g/mol. The molecule has 0 unspecified atom stereocenters. The molecule has 1 aromatic rings. The Hall–Kier alpha value is -0.980. The Morgan fingerprint density at radius 2 is 1.85 bits per heavy atom. The molecule has 1 heterocycles. The third-order valence-corrected chi connectivity index (χ3v) is 5.53. The van der Waals surface area contributed by atoms with Gasteiger partial charge in [0.25, 0.3) is 0 Å². The maximum Gasteiger partial charge on any atom is 0.228 e. The van der Waals surface area contributed by atoms with Crippen molar-refractivity contribution < 1.29 is 13.2 Å². The van der Waals surface area contributed by atoms with Crippen molar-refractivity contribution in [2.45, 2.75) is 6.92 Å². The summed E-state index contributed by atoms with van der Waals surface area (Å²) in [6, 6.07) is 7.82.